The molecular weight excluding hydrogens is 606 g/mol. The summed E-state index contributed by atoms with van der Waals surface area (Å²) < 4.78 is 24.6. The van der Waals surface area contributed by atoms with Crippen LogP contribution in [0, 0.1) is 5.82 Å². The molecule has 234 valence electrons. The zero-order valence-corrected chi connectivity index (χ0v) is 28.1. The number of carbonyl (C=O) groups is 1. The molecule has 4 aromatic heterocycles. The Morgan fingerprint density at radius 2 is 2.04 bits per heavy atom. The van der Waals surface area contributed by atoms with E-state index >= 15 is 4.39 Å². The molecule has 0 spiro atoms. The van der Waals surface area contributed by atoms with Crippen LogP contribution in [-0.4, -0.2) is 64.9 Å². The molecule has 0 saturated carbocycles. The van der Waals surface area contributed by atoms with Crippen LogP contribution in [0.3, 0.4) is 0 Å². The van der Waals surface area contributed by atoms with Gasteiger partial charge in [-0.25, -0.2) is 14.4 Å². The van der Waals surface area contributed by atoms with E-state index in [1.54, 1.807) is 46.8 Å². The summed E-state index contributed by atoms with van der Waals surface area (Å²) in [5, 5.41) is 12.7. The molecule has 1 aliphatic rings. The molecule has 1 atom stereocenters. The number of piperidine rings is 1. The number of nitrogens with zero attached hydrogens (tertiary/aromatic N) is 6. The van der Waals surface area contributed by atoms with Gasteiger partial charge in [-0.1, -0.05) is 32.1 Å². The number of anilines is 1. The molecule has 0 unspecified atom stereocenters. The molecule has 45 heavy (non-hydrogen) atoms. The van der Waals surface area contributed by atoms with Crippen molar-refractivity contribution in [3.63, 3.8) is 0 Å². The highest BCUT2D eigenvalue weighted by atomic mass is 32.1. The van der Waals surface area contributed by atoms with Crippen molar-refractivity contribution in [1.29, 1.82) is 0 Å². The van der Waals surface area contributed by atoms with Gasteiger partial charge in [0.1, 0.15) is 17.2 Å². The molecule has 5 aromatic rings. The Balaban J connectivity index is 1.32. The van der Waals surface area contributed by atoms with Crippen molar-refractivity contribution in [1.82, 2.24) is 30.3 Å². The first kappa shape index (κ1) is 31.2. The van der Waals surface area contributed by atoms with Crippen LogP contribution in [0.5, 0.6) is 0 Å². The molecule has 1 aromatic carbocycles. The van der Waals surface area contributed by atoms with Crippen molar-refractivity contribution in [2.24, 2.45) is 0 Å². The Morgan fingerprint density at radius 3 is 2.80 bits per heavy atom. The number of fused-ring (bicyclic) bond motifs is 2. The molecule has 12 heteroatoms. The summed E-state index contributed by atoms with van der Waals surface area (Å²) in [5.41, 5.74) is 1.51. The van der Waals surface area contributed by atoms with Crippen LogP contribution in [0.1, 0.15) is 48.8 Å². The average Bonchev–Trinajstić information content (AvgIpc) is 3.64. The summed E-state index contributed by atoms with van der Waals surface area (Å²) in [5.74, 6) is -0.538. The van der Waals surface area contributed by atoms with Gasteiger partial charge >= 0.3 is 0 Å². The second kappa shape index (κ2) is 12.5. The lowest BCUT2D eigenvalue weighted by Crippen LogP contribution is -2.49. The monoisotopic (exact) mass is 643 g/mol. The summed E-state index contributed by atoms with van der Waals surface area (Å²) >= 11 is 1.63. The van der Waals surface area contributed by atoms with Crippen LogP contribution >= 0.6 is 11.3 Å². The van der Waals surface area contributed by atoms with Crippen LogP contribution in [0.15, 0.2) is 60.9 Å². The van der Waals surface area contributed by atoms with Gasteiger partial charge < -0.3 is 9.74 Å². The molecule has 0 aliphatic carbocycles. The zero-order chi connectivity index (χ0) is 31.8. The molecule has 1 N–H and O–H groups in total. The van der Waals surface area contributed by atoms with Crippen molar-refractivity contribution >= 4 is 58.7 Å². The highest BCUT2D eigenvalue weighted by Gasteiger charge is 2.36. The number of hydrogen-bond acceptors (Lipinski definition) is 8. The SMILES string of the molecule is CC(C)(C)[Si](C)(C)OCC=Cc1cc2c(N(C(=O)c3ccc(-n4nnc5cccnc54)cc3F)[C@@H]3CCCNC3)nccc2s1. The number of benzene rings is 1. The topological polar surface area (TPSA) is 98.1 Å². The fourth-order valence-electron chi connectivity index (χ4n) is 5.25. The van der Waals surface area contributed by atoms with Crippen molar-refractivity contribution in [3.05, 3.63) is 77.2 Å². The number of halogens is 1. The van der Waals surface area contributed by atoms with Gasteiger partial charge in [0.05, 0.1) is 23.9 Å². The van der Waals surface area contributed by atoms with Crippen LogP contribution in [0.4, 0.5) is 10.2 Å². The van der Waals surface area contributed by atoms with Crippen molar-refractivity contribution < 1.29 is 13.6 Å². The second-order valence-electron chi connectivity index (χ2n) is 12.9. The summed E-state index contributed by atoms with van der Waals surface area (Å²) in [6.07, 6.45) is 9.17. The average molecular weight is 644 g/mol. The van der Waals surface area contributed by atoms with E-state index in [4.69, 9.17) is 9.41 Å². The molecular formula is C33H38FN7O2SSi. The first-order valence-electron chi connectivity index (χ1n) is 15.2. The number of hydrogen-bond donors (Lipinski definition) is 1. The van der Waals surface area contributed by atoms with E-state index < -0.39 is 20.0 Å². The van der Waals surface area contributed by atoms with Gasteiger partial charge in [-0.3, -0.25) is 9.69 Å². The fraction of sp³-hybridized carbons (Fsp3) is 0.364. The quantitative estimate of drug-likeness (QED) is 0.182. The van der Waals surface area contributed by atoms with Gasteiger partial charge in [-0.15, -0.1) is 16.4 Å². The molecule has 5 heterocycles. The third kappa shape index (κ3) is 6.32. The minimum atomic E-state index is -1.85. The lowest BCUT2D eigenvalue weighted by Gasteiger charge is -2.35. The summed E-state index contributed by atoms with van der Waals surface area (Å²) in [4.78, 5) is 26.0. The van der Waals surface area contributed by atoms with Crippen LogP contribution < -0.4 is 10.2 Å². The molecule has 6 rings (SSSR count). The zero-order valence-electron chi connectivity index (χ0n) is 26.2. The number of rotatable bonds is 8. The van der Waals surface area contributed by atoms with Crippen LogP contribution in [0.2, 0.25) is 18.1 Å². The van der Waals surface area contributed by atoms with Crippen molar-refractivity contribution in [2.45, 2.75) is 57.8 Å². The Kier molecular flexibility index (Phi) is 8.66. The number of nitrogens with one attached hydrogen (secondary N) is 1. The van der Waals surface area contributed by atoms with Gasteiger partial charge in [0.2, 0.25) is 0 Å². The maximum atomic E-state index is 15.8. The Bertz CT molecular complexity index is 1870. The Labute approximate surface area is 267 Å². The van der Waals surface area contributed by atoms with E-state index in [9.17, 15) is 4.79 Å². The van der Waals surface area contributed by atoms with Crippen LogP contribution in [-0.2, 0) is 4.43 Å². The summed E-state index contributed by atoms with van der Waals surface area (Å²) in [6.45, 7) is 13.2. The Morgan fingerprint density at radius 1 is 1.20 bits per heavy atom. The minimum absolute atomic E-state index is 0.0290. The van der Waals surface area contributed by atoms with Gasteiger partial charge in [0.25, 0.3) is 5.91 Å². The normalized spacial score (nSPS) is 16.2. The number of aromatic nitrogens is 5. The largest absolute Gasteiger partial charge is 0.413 e. The lowest BCUT2D eigenvalue weighted by atomic mass is 10.0. The van der Waals surface area contributed by atoms with E-state index in [1.165, 1.54) is 16.8 Å². The van der Waals surface area contributed by atoms with Gasteiger partial charge in [-0.2, -0.15) is 4.68 Å². The lowest BCUT2D eigenvalue weighted by molar-refractivity contribution is 0.0968. The minimum Gasteiger partial charge on any atom is -0.413 e. The summed E-state index contributed by atoms with van der Waals surface area (Å²) in [7, 11) is -1.85. The molecule has 0 bridgehead atoms. The standard InChI is InChI=1S/C33H38FN7O2SSi/c1-33(2,3)45(4,5)43-18-8-10-24-20-26-29(44-24)14-17-37-30(26)40(23-9-6-15-35-21-23)32(42)25-13-12-22(19-27(25)34)41-31-28(38-39-41)11-7-16-36-31/h7-8,10-14,16-17,19-20,23,35H,6,9,15,18,21H2,1-5H3/t23-/m1/s1. The third-order valence-corrected chi connectivity index (χ3v) is 14.4. The second-order valence-corrected chi connectivity index (χ2v) is 18.8. The summed E-state index contributed by atoms with van der Waals surface area (Å²) in [6, 6.07) is 11.9. The molecule has 1 saturated heterocycles. The molecule has 1 amide bonds. The van der Waals surface area contributed by atoms with Crippen molar-refractivity contribution in [3.8, 4) is 5.69 Å². The smallest absolute Gasteiger partial charge is 0.262 e. The first-order valence-corrected chi connectivity index (χ1v) is 19.0. The number of pyridine rings is 2. The Hall–Kier alpha value is -3.84. The number of amides is 1. The van der Waals surface area contributed by atoms with Crippen LogP contribution in [0.25, 0.3) is 33.0 Å². The third-order valence-electron chi connectivity index (χ3n) is 8.79. The van der Waals surface area contributed by atoms with E-state index in [1.807, 2.05) is 6.07 Å². The van der Waals surface area contributed by atoms with Gasteiger partial charge in [0.15, 0.2) is 14.0 Å². The van der Waals surface area contributed by atoms with E-state index in [2.05, 4.69) is 72.7 Å². The van der Waals surface area contributed by atoms with Gasteiger partial charge in [0, 0.05) is 40.0 Å². The predicted molar refractivity (Wildman–Crippen MR) is 181 cm³/mol. The molecule has 0 radical (unpaired) electrons. The molecule has 1 fully saturated rings. The number of carbonyl (C=O) groups excluding carboxylic acids is 1. The molecule has 9 nitrogen and oxygen atoms in total. The maximum absolute atomic E-state index is 15.8. The molecule has 1 aliphatic heterocycles. The van der Waals surface area contributed by atoms with Crippen molar-refractivity contribution in [2.75, 3.05) is 24.6 Å². The van der Waals surface area contributed by atoms with Gasteiger partial charge in [-0.05, 0) is 80.0 Å². The van der Waals surface area contributed by atoms with E-state index in [-0.39, 0.29) is 16.6 Å². The number of thiophene rings is 1. The fourth-order valence-corrected chi connectivity index (χ4v) is 7.18. The highest BCUT2D eigenvalue weighted by molar-refractivity contribution is 7.19. The van der Waals surface area contributed by atoms with E-state index in [0.717, 1.165) is 34.3 Å². The maximum Gasteiger partial charge on any atom is 0.262 e. The predicted octanol–water partition coefficient (Wildman–Crippen LogP) is 7.00. The highest BCUT2D eigenvalue weighted by Crippen LogP contribution is 2.37. The van der Waals surface area contributed by atoms with E-state index in [0.29, 0.717) is 35.8 Å². The first-order chi connectivity index (χ1) is 21.5.